The van der Waals surface area contributed by atoms with E-state index >= 15 is 0 Å². The molecule has 1 aliphatic rings. The Morgan fingerprint density at radius 2 is 1.81 bits per heavy atom. The molecule has 1 aromatic carbocycles. The molecular weight excluding hydrogens is 206 g/mol. The second-order valence-corrected chi connectivity index (χ2v) is 4.85. The van der Waals surface area contributed by atoms with Gasteiger partial charge in [-0.1, -0.05) is 26.2 Å². The van der Waals surface area contributed by atoms with Crippen molar-refractivity contribution in [1.82, 2.24) is 0 Å². The van der Waals surface area contributed by atoms with E-state index < -0.39 is 0 Å². The van der Waals surface area contributed by atoms with Crippen molar-refractivity contribution in [3.63, 3.8) is 0 Å². The largest absolute Gasteiger partial charge is 0.207 e. The zero-order valence-electron chi connectivity index (χ0n) is 9.68. The Kier molecular flexibility index (Phi) is 3.57. The minimum Gasteiger partial charge on any atom is -0.207 e. The molecular formula is C14H18F2. The topological polar surface area (TPSA) is 0 Å². The summed E-state index contributed by atoms with van der Waals surface area (Å²) < 4.78 is 26.7. The fraction of sp³-hybridized carbons (Fsp3) is 0.571. The lowest BCUT2D eigenvalue weighted by Crippen LogP contribution is -2.15. The molecule has 0 spiro atoms. The summed E-state index contributed by atoms with van der Waals surface area (Å²) in [6.45, 7) is 2.02. The second-order valence-electron chi connectivity index (χ2n) is 4.85. The van der Waals surface area contributed by atoms with Gasteiger partial charge in [0.25, 0.3) is 0 Å². The molecule has 0 aliphatic heterocycles. The van der Waals surface area contributed by atoms with Gasteiger partial charge >= 0.3 is 0 Å². The highest BCUT2D eigenvalue weighted by Gasteiger charge is 2.23. The molecule has 88 valence electrons. The van der Waals surface area contributed by atoms with Crippen LogP contribution in [0.4, 0.5) is 8.78 Å². The predicted octanol–water partition coefficient (Wildman–Crippen LogP) is 4.65. The van der Waals surface area contributed by atoms with Crippen LogP contribution in [0.2, 0.25) is 0 Å². The Labute approximate surface area is 95.7 Å². The van der Waals surface area contributed by atoms with E-state index in [1.54, 1.807) is 0 Å². The highest BCUT2D eigenvalue weighted by Crippen LogP contribution is 2.36. The Morgan fingerprint density at radius 1 is 1.12 bits per heavy atom. The number of hydrogen-bond donors (Lipinski definition) is 0. The van der Waals surface area contributed by atoms with Gasteiger partial charge in [0.1, 0.15) is 11.6 Å². The van der Waals surface area contributed by atoms with E-state index in [0.717, 1.165) is 12.8 Å². The first kappa shape index (κ1) is 11.6. The summed E-state index contributed by atoms with van der Waals surface area (Å²) in [6, 6.07) is 3.78. The van der Waals surface area contributed by atoms with Gasteiger partial charge in [-0.3, -0.25) is 0 Å². The molecule has 0 radical (unpaired) electrons. The SMILES string of the molecule is CC(c1cc(F)ccc1F)C1CCCCC1. The summed E-state index contributed by atoms with van der Waals surface area (Å²) in [6.07, 6.45) is 6.04. The van der Waals surface area contributed by atoms with Crippen LogP contribution in [0.3, 0.4) is 0 Å². The third-order valence-corrected chi connectivity index (χ3v) is 3.81. The zero-order chi connectivity index (χ0) is 11.5. The molecule has 0 aromatic heterocycles. The summed E-state index contributed by atoms with van der Waals surface area (Å²) in [7, 11) is 0. The molecule has 0 amide bonds. The fourth-order valence-corrected chi connectivity index (χ4v) is 2.75. The number of rotatable bonds is 2. The van der Waals surface area contributed by atoms with Crippen LogP contribution in [0.1, 0.15) is 50.5 Å². The van der Waals surface area contributed by atoms with Gasteiger partial charge in [0, 0.05) is 0 Å². The molecule has 1 atom stereocenters. The van der Waals surface area contributed by atoms with Crippen molar-refractivity contribution >= 4 is 0 Å². The van der Waals surface area contributed by atoms with Crippen LogP contribution < -0.4 is 0 Å². The maximum absolute atomic E-state index is 13.6. The summed E-state index contributed by atoms with van der Waals surface area (Å²) >= 11 is 0. The lowest BCUT2D eigenvalue weighted by Gasteiger charge is -2.28. The Balaban J connectivity index is 2.18. The van der Waals surface area contributed by atoms with E-state index in [-0.39, 0.29) is 17.6 Å². The predicted molar refractivity (Wildman–Crippen MR) is 61.3 cm³/mol. The first-order valence-corrected chi connectivity index (χ1v) is 6.13. The molecule has 0 heterocycles. The van der Waals surface area contributed by atoms with Crippen LogP contribution >= 0.6 is 0 Å². The quantitative estimate of drug-likeness (QED) is 0.686. The van der Waals surface area contributed by atoms with E-state index in [0.29, 0.717) is 11.5 Å². The molecule has 0 nitrogen and oxygen atoms in total. The van der Waals surface area contributed by atoms with Crippen molar-refractivity contribution in [2.75, 3.05) is 0 Å². The summed E-state index contributed by atoms with van der Waals surface area (Å²) in [4.78, 5) is 0. The van der Waals surface area contributed by atoms with Crippen LogP contribution in [0.15, 0.2) is 18.2 Å². The van der Waals surface area contributed by atoms with Gasteiger partial charge in [-0.2, -0.15) is 0 Å². The monoisotopic (exact) mass is 224 g/mol. The van der Waals surface area contributed by atoms with E-state index in [4.69, 9.17) is 0 Å². The molecule has 2 heteroatoms. The highest BCUT2D eigenvalue weighted by atomic mass is 19.1. The van der Waals surface area contributed by atoms with E-state index in [1.165, 1.54) is 37.5 Å². The van der Waals surface area contributed by atoms with Crippen LogP contribution in [-0.4, -0.2) is 0 Å². The summed E-state index contributed by atoms with van der Waals surface area (Å²) in [5, 5.41) is 0. The smallest absolute Gasteiger partial charge is 0.126 e. The van der Waals surface area contributed by atoms with Crippen LogP contribution in [0, 0.1) is 17.6 Å². The van der Waals surface area contributed by atoms with Crippen molar-refractivity contribution in [3.8, 4) is 0 Å². The van der Waals surface area contributed by atoms with Gasteiger partial charge in [-0.25, -0.2) is 8.78 Å². The summed E-state index contributed by atoms with van der Waals surface area (Å²) in [5.74, 6) is 0.0552. The van der Waals surface area contributed by atoms with Gasteiger partial charge in [0.05, 0.1) is 0 Å². The molecule has 0 bridgehead atoms. The number of halogens is 2. The Hall–Kier alpha value is -0.920. The number of hydrogen-bond acceptors (Lipinski definition) is 0. The van der Waals surface area contributed by atoms with Crippen molar-refractivity contribution in [2.24, 2.45) is 5.92 Å². The molecule has 16 heavy (non-hydrogen) atoms. The normalized spacial score (nSPS) is 19.7. The third kappa shape index (κ3) is 2.42. The van der Waals surface area contributed by atoms with Crippen molar-refractivity contribution in [1.29, 1.82) is 0 Å². The Bertz CT molecular complexity index is 354. The molecule has 2 rings (SSSR count). The lowest BCUT2D eigenvalue weighted by atomic mass is 9.78. The van der Waals surface area contributed by atoms with Gasteiger partial charge in [-0.15, -0.1) is 0 Å². The highest BCUT2D eigenvalue weighted by molar-refractivity contribution is 5.23. The molecule has 1 aliphatic carbocycles. The van der Waals surface area contributed by atoms with Gasteiger partial charge in [0.15, 0.2) is 0 Å². The van der Waals surface area contributed by atoms with Gasteiger partial charge < -0.3 is 0 Å². The molecule has 1 fully saturated rings. The maximum atomic E-state index is 13.6. The Morgan fingerprint density at radius 3 is 2.50 bits per heavy atom. The standard InChI is InChI=1S/C14H18F2/c1-10(11-5-3-2-4-6-11)13-9-12(15)7-8-14(13)16/h7-11H,2-6H2,1H3. The molecule has 0 N–H and O–H groups in total. The third-order valence-electron chi connectivity index (χ3n) is 3.81. The van der Waals surface area contributed by atoms with Crippen molar-refractivity contribution in [2.45, 2.75) is 44.9 Å². The van der Waals surface area contributed by atoms with Crippen LogP contribution in [0.25, 0.3) is 0 Å². The minimum atomic E-state index is -0.334. The van der Waals surface area contributed by atoms with Crippen molar-refractivity contribution in [3.05, 3.63) is 35.4 Å². The van der Waals surface area contributed by atoms with Crippen LogP contribution in [-0.2, 0) is 0 Å². The van der Waals surface area contributed by atoms with Gasteiger partial charge in [0.2, 0.25) is 0 Å². The fourth-order valence-electron chi connectivity index (χ4n) is 2.75. The lowest BCUT2D eigenvalue weighted by molar-refractivity contribution is 0.311. The second kappa shape index (κ2) is 4.94. The zero-order valence-corrected chi connectivity index (χ0v) is 9.68. The first-order chi connectivity index (χ1) is 7.68. The number of benzene rings is 1. The molecule has 1 unspecified atom stereocenters. The van der Waals surface area contributed by atoms with E-state index in [1.807, 2.05) is 6.92 Å². The maximum Gasteiger partial charge on any atom is 0.126 e. The van der Waals surface area contributed by atoms with Crippen LogP contribution in [0.5, 0.6) is 0 Å². The average molecular weight is 224 g/mol. The summed E-state index contributed by atoms with van der Waals surface area (Å²) in [5.41, 5.74) is 0.548. The average Bonchev–Trinajstić information content (AvgIpc) is 2.32. The molecule has 1 saturated carbocycles. The minimum absolute atomic E-state index is 0.135. The van der Waals surface area contributed by atoms with E-state index in [2.05, 4.69) is 0 Å². The molecule has 0 saturated heterocycles. The van der Waals surface area contributed by atoms with E-state index in [9.17, 15) is 8.78 Å². The van der Waals surface area contributed by atoms with Gasteiger partial charge in [-0.05, 0) is 48.4 Å². The first-order valence-electron chi connectivity index (χ1n) is 6.13. The van der Waals surface area contributed by atoms with Crippen molar-refractivity contribution < 1.29 is 8.78 Å². The molecule has 1 aromatic rings.